The Morgan fingerprint density at radius 3 is 2.65 bits per heavy atom. The molecule has 1 aliphatic carbocycles. The molecule has 1 aromatic heterocycles. The van der Waals surface area contributed by atoms with E-state index in [9.17, 15) is 26.7 Å². The van der Waals surface area contributed by atoms with Crippen molar-refractivity contribution < 1.29 is 31.3 Å². The second-order valence-corrected chi connectivity index (χ2v) is 8.22. The third-order valence-electron chi connectivity index (χ3n) is 5.59. The van der Waals surface area contributed by atoms with Gasteiger partial charge in [0.15, 0.2) is 17.5 Å². The zero-order chi connectivity index (χ0) is 22.3. The van der Waals surface area contributed by atoms with E-state index in [-0.39, 0.29) is 36.6 Å². The third-order valence-corrected chi connectivity index (χ3v) is 5.59. The van der Waals surface area contributed by atoms with Crippen molar-refractivity contribution in [3.05, 3.63) is 46.9 Å². The predicted molar refractivity (Wildman–Crippen MR) is 97.5 cm³/mol. The fourth-order valence-corrected chi connectivity index (χ4v) is 3.73. The molecule has 0 bridgehead atoms. The minimum absolute atomic E-state index is 0.0233. The van der Waals surface area contributed by atoms with Gasteiger partial charge in [0.2, 0.25) is 11.8 Å². The van der Waals surface area contributed by atoms with Crippen molar-refractivity contribution in [2.24, 2.45) is 5.73 Å². The van der Waals surface area contributed by atoms with E-state index < -0.39 is 54.3 Å². The highest BCUT2D eigenvalue weighted by atomic mass is 19.3. The van der Waals surface area contributed by atoms with Crippen LogP contribution in [0, 0.1) is 17.5 Å². The van der Waals surface area contributed by atoms with Gasteiger partial charge in [-0.05, 0) is 37.3 Å². The van der Waals surface area contributed by atoms with Gasteiger partial charge in [0.25, 0.3) is 5.92 Å². The first-order valence-electron chi connectivity index (χ1n) is 10.0. The summed E-state index contributed by atoms with van der Waals surface area (Å²) in [7, 11) is 0. The number of carbonyl (C=O) groups is 1. The van der Waals surface area contributed by atoms with Crippen LogP contribution in [0.25, 0.3) is 0 Å². The summed E-state index contributed by atoms with van der Waals surface area (Å²) in [5.74, 6) is -6.51. The fraction of sp³-hybridized carbons (Fsp3) is 0.550. The normalized spacial score (nSPS) is 21.5. The molecule has 11 heteroatoms. The highest BCUT2D eigenvalue weighted by Crippen LogP contribution is 2.43. The maximum atomic E-state index is 14.1. The molecule has 2 heterocycles. The third kappa shape index (κ3) is 4.86. The number of benzene rings is 1. The molecule has 1 saturated heterocycles. The van der Waals surface area contributed by atoms with E-state index in [1.807, 2.05) is 0 Å². The maximum Gasteiger partial charge on any atom is 0.267 e. The number of likely N-dealkylation sites (tertiary alicyclic amines) is 1. The lowest BCUT2D eigenvalue weighted by Crippen LogP contribution is -2.37. The smallest absolute Gasteiger partial charge is 0.267 e. The molecule has 4 rings (SSSR count). The molecule has 2 atom stereocenters. The van der Waals surface area contributed by atoms with E-state index in [1.165, 1.54) is 0 Å². The number of aromatic nitrogens is 2. The second kappa shape index (κ2) is 8.18. The summed E-state index contributed by atoms with van der Waals surface area (Å²) in [6.45, 7) is -0.790. The van der Waals surface area contributed by atoms with E-state index in [0.29, 0.717) is 11.9 Å². The highest BCUT2D eigenvalue weighted by Gasteiger charge is 2.50. The minimum Gasteiger partial charge on any atom is -0.337 e. The quantitative estimate of drug-likeness (QED) is 0.521. The van der Waals surface area contributed by atoms with Crippen molar-refractivity contribution >= 4 is 5.91 Å². The molecular weight excluding hydrogens is 423 g/mol. The Morgan fingerprint density at radius 2 is 1.94 bits per heavy atom. The van der Waals surface area contributed by atoms with E-state index in [4.69, 9.17) is 10.3 Å². The molecule has 2 aromatic rings. The van der Waals surface area contributed by atoms with Gasteiger partial charge in [0.1, 0.15) is 11.9 Å². The zero-order valence-corrected chi connectivity index (χ0v) is 16.5. The number of hydrogen-bond donors (Lipinski definition) is 1. The average Bonchev–Trinajstić information content (AvgIpc) is 3.33. The molecule has 1 amide bonds. The average molecular weight is 444 g/mol. The van der Waals surface area contributed by atoms with Gasteiger partial charge in [0, 0.05) is 30.9 Å². The Balaban J connectivity index is 1.39. The predicted octanol–water partition coefficient (Wildman–Crippen LogP) is 3.62. The molecular formula is C20H21F5N4O2. The summed E-state index contributed by atoms with van der Waals surface area (Å²) in [5, 5.41) is 3.82. The molecule has 0 spiro atoms. The fourth-order valence-electron chi connectivity index (χ4n) is 3.73. The standard InChI is InChI=1S/C20H21F5N4O2/c21-13-7-15(23)14(22)5-11(13)3-4-12(26)6-17(30)29-9-20(24,25)8-16(29)19-27-18(28-31-19)10-1-2-10/h5,7,10,12,16H,1-4,6,8-9,26H2/t12?,16-/m0/s1. The summed E-state index contributed by atoms with van der Waals surface area (Å²) in [6.07, 6.45) is 0.966. The lowest BCUT2D eigenvalue weighted by molar-refractivity contribution is -0.134. The van der Waals surface area contributed by atoms with Gasteiger partial charge in [0.05, 0.1) is 6.54 Å². The van der Waals surface area contributed by atoms with Gasteiger partial charge in [-0.25, -0.2) is 22.0 Å². The maximum absolute atomic E-state index is 14.1. The number of aryl methyl sites for hydroxylation is 1. The number of alkyl halides is 2. The molecule has 1 unspecified atom stereocenters. The monoisotopic (exact) mass is 444 g/mol. The highest BCUT2D eigenvalue weighted by molar-refractivity contribution is 5.77. The number of rotatable bonds is 7. The first kappa shape index (κ1) is 21.7. The molecule has 1 saturated carbocycles. The van der Waals surface area contributed by atoms with Crippen LogP contribution < -0.4 is 5.73 Å². The number of carbonyl (C=O) groups excluding carboxylic acids is 1. The number of amides is 1. The Labute approximate surface area is 174 Å². The van der Waals surface area contributed by atoms with Crippen LogP contribution in [0.4, 0.5) is 22.0 Å². The van der Waals surface area contributed by atoms with Gasteiger partial charge in [-0.2, -0.15) is 4.98 Å². The number of nitrogens with two attached hydrogens (primary N) is 1. The van der Waals surface area contributed by atoms with Crippen LogP contribution >= 0.6 is 0 Å². The van der Waals surface area contributed by atoms with Crippen LogP contribution in [0.2, 0.25) is 0 Å². The molecule has 168 valence electrons. The van der Waals surface area contributed by atoms with Gasteiger partial charge >= 0.3 is 0 Å². The Hall–Kier alpha value is -2.56. The topological polar surface area (TPSA) is 85.3 Å². The largest absolute Gasteiger partial charge is 0.337 e. The zero-order valence-electron chi connectivity index (χ0n) is 16.5. The van der Waals surface area contributed by atoms with E-state index in [2.05, 4.69) is 10.1 Å². The number of halogens is 5. The molecule has 1 aromatic carbocycles. The first-order chi connectivity index (χ1) is 14.6. The van der Waals surface area contributed by atoms with Crippen molar-refractivity contribution in [3.63, 3.8) is 0 Å². The van der Waals surface area contributed by atoms with Gasteiger partial charge < -0.3 is 15.2 Å². The summed E-state index contributed by atoms with van der Waals surface area (Å²) in [4.78, 5) is 17.9. The van der Waals surface area contributed by atoms with Crippen LogP contribution in [-0.4, -0.2) is 39.5 Å². The van der Waals surface area contributed by atoms with E-state index in [1.54, 1.807) is 0 Å². The Morgan fingerprint density at radius 1 is 1.23 bits per heavy atom. The van der Waals surface area contributed by atoms with Crippen molar-refractivity contribution in [2.45, 2.75) is 62.4 Å². The van der Waals surface area contributed by atoms with Gasteiger partial charge in [-0.15, -0.1) is 0 Å². The lowest BCUT2D eigenvalue weighted by Gasteiger charge is -2.23. The molecule has 0 radical (unpaired) electrons. The van der Waals surface area contributed by atoms with Crippen molar-refractivity contribution in [3.8, 4) is 0 Å². The summed E-state index contributed by atoms with van der Waals surface area (Å²) in [6, 6.07) is -0.653. The minimum atomic E-state index is -3.10. The van der Waals surface area contributed by atoms with Gasteiger partial charge in [-0.3, -0.25) is 4.79 Å². The Bertz CT molecular complexity index is 978. The lowest BCUT2D eigenvalue weighted by atomic mass is 10.0. The molecule has 1 aliphatic heterocycles. The molecule has 2 fully saturated rings. The molecule has 2 N–H and O–H groups in total. The molecule has 31 heavy (non-hydrogen) atoms. The summed E-state index contributed by atoms with van der Waals surface area (Å²) < 4.78 is 73.4. The van der Waals surface area contributed by atoms with Crippen LogP contribution in [0.1, 0.15) is 61.3 Å². The van der Waals surface area contributed by atoms with E-state index in [0.717, 1.165) is 23.8 Å². The van der Waals surface area contributed by atoms with Crippen LogP contribution in [0.3, 0.4) is 0 Å². The van der Waals surface area contributed by atoms with Crippen molar-refractivity contribution in [1.82, 2.24) is 15.0 Å². The Kier molecular flexibility index (Phi) is 5.71. The summed E-state index contributed by atoms with van der Waals surface area (Å²) in [5.41, 5.74) is 5.86. The van der Waals surface area contributed by atoms with Crippen molar-refractivity contribution in [1.29, 1.82) is 0 Å². The van der Waals surface area contributed by atoms with E-state index >= 15 is 0 Å². The molecule has 2 aliphatic rings. The SMILES string of the molecule is NC(CCc1cc(F)c(F)cc1F)CC(=O)N1CC(F)(F)C[C@H]1c1nc(C2CC2)no1. The summed E-state index contributed by atoms with van der Waals surface area (Å²) >= 11 is 0. The van der Waals surface area contributed by atoms with Gasteiger partial charge in [-0.1, -0.05) is 5.16 Å². The van der Waals surface area contributed by atoms with Crippen LogP contribution in [0.5, 0.6) is 0 Å². The molecule has 6 nitrogen and oxygen atoms in total. The second-order valence-electron chi connectivity index (χ2n) is 8.22. The van der Waals surface area contributed by atoms with Crippen molar-refractivity contribution in [2.75, 3.05) is 6.54 Å². The first-order valence-corrected chi connectivity index (χ1v) is 10.0. The number of hydrogen-bond acceptors (Lipinski definition) is 5. The van der Waals surface area contributed by atoms with Crippen LogP contribution in [0.15, 0.2) is 16.7 Å². The number of nitrogens with zero attached hydrogens (tertiary/aromatic N) is 3. The van der Waals surface area contributed by atoms with Crippen LogP contribution in [-0.2, 0) is 11.2 Å².